The standard InChI is InChI=1S/C13H20O3.C11H16O.C11H16.C10H13Br.C9H20.C7H16O.C6H14S.C6H12.C5H12.C4H10/c1-13(2,3)9-7-10(14-4)12(16-6)11(8-9)15-5;1-11(2,3)9-5-7-10(12-4)8-6-9;1-11(2,3)9-10-7-5-4-6-8-10;1-10(2,3)8-4-6-9(11)7-5-8;1-5-6-7-8-9(2,3)4;1-7(2,3)5-6-8-4;1-6(2,3)5-7-4;1-5-6(2,3)4;1-5(2,3)4;1-4(2)3/h7-8H,1-6H3;5-8H,1-4H3;4-8H,9H2,1-3H3;4-7H,1-3H3;5-8H2,1-4H3;5-6H2,1-4H3;5H2,1-4H3;5H,1H2,2-4H3;1-4H3;4H,1-3H3. The number of hydrogen-bond acceptors (Lipinski definition) is 6. The molecule has 0 atom stereocenters. The van der Waals surface area contributed by atoms with Crippen molar-refractivity contribution in [1.82, 2.24) is 0 Å². The molecule has 4 rings (SSSR count). The van der Waals surface area contributed by atoms with Gasteiger partial charge in [0.25, 0.3) is 0 Å². The van der Waals surface area contributed by atoms with Gasteiger partial charge in [0, 0.05) is 18.2 Å². The van der Waals surface area contributed by atoms with Gasteiger partial charge in [-0.3, -0.25) is 0 Å². The van der Waals surface area contributed by atoms with Crippen molar-refractivity contribution in [3.63, 3.8) is 0 Å². The van der Waals surface area contributed by atoms with Gasteiger partial charge in [0.2, 0.25) is 5.75 Å². The van der Waals surface area contributed by atoms with Crippen LogP contribution in [0.1, 0.15) is 276 Å². The molecule has 4 aromatic carbocycles. The lowest BCUT2D eigenvalue weighted by Gasteiger charge is -2.22. The van der Waals surface area contributed by atoms with E-state index in [4.69, 9.17) is 23.7 Å². The largest absolute Gasteiger partial charge is 0.497 e. The van der Waals surface area contributed by atoms with E-state index in [-0.39, 0.29) is 16.2 Å². The molecule has 0 aliphatic heterocycles. The molecular weight excluding hydrogens is 1180 g/mol. The Kier molecular flexibility index (Phi) is 52.5. The van der Waals surface area contributed by atoms with Gasteiger partial charge in [-0.25, -0.2) is 0 Å². The van der Waals surface area contributed by atoms with E-state index in [0.717, 1.165) is 41.2 Å². The number of methoxy groups -OCH3 is 5. The molecule has 0 aromatic heterocycles. The van der Waals surface area contributed by atoms with Crippen molar-refractivity contribution in [2.45, 2.75) is 276 Å². The summed E-state index contributed by atoms with van der Waals surface area (Å²) in [6.07, 6.45) is 11.9. The number of benzene rings is 4. The van der Waals surface area contributed by atoms with Crippen LogP contribution in [-0.2, 0) is 27.4 Å². The van der Waals surface area contributed by atoms with Gasteiger partial charge in [0.1, 0.15) is 5.75 Å². The number of unbranched alkanes of at least 4 members (excludes halogenated alkanes) is 2. The Labute approximate surface area is 570 Å². The SMILES string of the molecule is C=CC(C)(C)C.CC(C)(C)C.CC(C)(C)Cc1ccccc1.CC(C)(C)c1ccc(Br)cc1.CC(C)C.CCCCCC(C)(C)C.COCCC(C)(C)C.COc1cc(C(C)(C)C)cc(OC)c1OC.COc1ccc(C(C)(C)C)cc1.CSCC(C)(C)C. The third kappa shape index (κ3) is 71.9. The summed E-state index contributed by atoms with van der Waals surface area (Å²) in [5, 5.41) is 0. The van der Waals surface area contributed by atoms with Gasteiger partial charge in [-0.05, 0) is 145 Å². The van der Waals surface area contributed by atoms with Gasteiger partial charge in [0.15, 0.2) is 11.5 Å². The molecular formula is C82H149BrO5S. The predicted octanol–water partition coefficient (Wildman–Crippen LogP) is 27.0. The first kappa shape index (κ1) is 96.7. The number of allylic oxidation sites excluding steroid dienone is 1. The highest BCUT2D eigenvalue weighted by molar-refractivity contribution is 9.10. The smallest absolute Gasteiger partial charge is 0.203 e. The summed E-state index contributed by atoms with van der Waals surface area (Å²) in [5.41, 5.74) is 8.54. The molecule has 5 nitrogen and oxygen atoms in total. The normalized spacial score (nSPS) is 11.5. The molecule has 0 spiro atoms. The number of hydrogen-bond donors (Lipinski definition) is 0. The van der Waals surface area contributed by atoms with Crippen LogP contribution in [0.5, 0.6) is 23.0 Å². The van der Waals surface area contributed by atoms with Gasteiger partial charge >= 0.3 is 0 Å². The van der Waals surface area contributed by atoms with Crippen molar-refractivity contribution in [2.75, 3.05) is 54.2 Å². The molecule has 0 aliphatic carbocycles. The van der Waals surface area contributed by atoms with Gasteiger partial charge in [-0.1, -0.05) is 317 Å². The number of thioether (sulfide) groups is 1. The third-order valence-corrected chi connectivity index (χ3v) is 13.2. The number of rotatable bonds is 11. The highest BCUT2D eigenvalue weighted by Gasteiger charge is 2.21. The highest BCUT2D eigenvalue weighted by Crippen LogP contribution is 2.41. The van der Waals surface area contributed by atoms with Crippen LogP contribution < -0.4 is 18.9 Å². The molecule has 0 fully saturated rings. The summed E-state index contributed by atoms with van der Waals surface area (Å²) < 4.78 is 27.0. The van der Waals surface area contributed by atoms with Crippen molar-refractivity contribution in [2.24, 2.45) is 38.4 Å². The maximum atomic E-state index is 5.31. The number of ether oxygens (including phenoxy) is 5. The van der Waals surface area contributed by atoms with E-state index < -0.39 is 0 Å². The Bertz CT molecular complexity index is 2220. The molecule has 89 heavy (non-hydrogen) atoms. The Morgan fingerprint density at radius 2 is 0.831 bits per heavy atom. The summed E-state index contributed by atoms with van der Waals surface area (Å²) in [6.45, 7) is 75.2. The minimum Gasteiger partial charge on any atom is -0.497 e. The Morgan fingerprint density at radius 3 is 1.06 bits per heavy atom. The molecule has 0 unspecified atom stereocenters. The predicted molar refractivity (Wildman–Crippen MR) is 412 cm³/mol. The lowest BCUT2D eigenvalue weighted by molar-refractivity contribution is 0.159. The first-order valence-electron chi connectivity index (χ1n) is 32.9. The molecule has 0 saturated carbocycles. The highest BCUT2D eigenvalue weighted by atomic mass is 79.9. The van der Waals surface area contributed by atoms with Gasteiger partial charge in [-0.15, -0.1) is 6.58 Å². The molecule has 0 bridgehead atoms. The van der Waals surface area contributed by atoms with E-state index in [0.29, 0.717) is 49.7 Å². The Balaban J connectivity index is -0.000000220. The lowest BCUT2D eigenvalue weighted by Crippen LogP contribution is -2.11. The van der Waals surface area contributed by atoms with E-state index in [2.05, 4.69) is 317 Å². The fraction of sp³-hybridized carbons (Fsp3) is 0.683. The van der Waals surface area contributed by atoms with Crippen LogP contribution in [0.15, 0.2) is 108 Å². The minimum absolute atomic E-state index is 0.0484. The number of halogens is 1. The van der Waals surface area contributed by atoms with E-state index >= 15 is 0 Å². The second-order valence-electron chi connectivity index (χ2n) is 34.2. The molecule has 7 heteroatoms. The summed E-state index contributed by atoms with van der Waals surface area (Å²) in [7, 11) is 8.29. The maximum Gasteiger partial charge on any atom is 0.203 e. The van der Waals surface area contributed by atoms with Crippen molar-refractivity contribution >= 4 is 27.7 Å². The van der Waals surface area contributed by atoms with Gasteiger partial charge < -0.3 is 23.7 Å². The zero-order valence-electron chi connectivity index (χ0n) is 66.0. The van der Waals surface area contributed by atoms with E-state index in [1.54, 1.807) is 35.5 Å². The van der Waals surface area contributed by atoms with Crippen molar-refractivity contribution in [3.8, 4) is 23.0 Å². The topological polar surface area (TPSA) is 46.2 Å². The van der Waals surface area contributed by atoms with Crippen LogP contribution in [0, 0.1) is 38.4 Å². The van der Waals surface area contributed by atoms with E-state index in [9.17, 15) is 0 Å². The second-order valence-corrected chi connectivity index (χ2v) is 36.0. The minimum atomic E-state index is 0.0484. The zero-order valence-corrected chi connectivity index (χ0v) is 68.4. The lowest BCUT2D eigenvalue weighted by atomic mass is 9.86. The molecule has 0 radical (unpaired) electrons. The molecule has 0 aliphatic rings. The van der Waals surface area contributed by atoms with Crippen molar-refractivity contribution in [1.29, 1.82) is 0 Å². The molecule has 0 N–H and O–H groups in total. The summed E-state index contributed by atoms with van der Waals surface area (Å²) in [6, 6.07) is 31.3. The van der Waals surface area contributed by atoms with Crippen LogP contribution >= 0.6 is 27.7 Å². The molecule has 0 heterocycles. The van der Waals surface area contributed by atoms with Crippen LogP contribution in [0.2, 0.25) is 0 Å². The van der Waals surface area contributed by atoms with Crippen molar-refractivity contribution < 1.29 is 23.7 Å². The first-order chi connectivity index (χ1) is 40.0. The summed E-state index contributed by atoms with van der Waals surface area (Å²) in [5.74, 6) is 5.05. The maximum absolute atomic E-state index is 5.31. The third-order valence-electron chi connectivity index (χ3n) is 11.6. The van der Waals surface area contributed by atoms with E-state index in [1.807, 2.05) is 42.1 Å². The Hall–Kier alpha value is -3.39. The fourth-order valence-electron chi connectivity index (χ4n) is 6.51. The van der Waals surface area contributed by atoms with Crippen molar-refractivity contribution in [3.05, 3.63) is 130 Å². The van der Waals surface area contributed by atoms with Crippen LogP contribution in [-0.4, -0.2) is 54.2 Å². The van der Waals surface area contributed by atoms with Gasteiger partial charge in [0.05, 0.1) is 28.4 Å². The second kappa shape index (κ2) is 48.3. The van der Waals surface area contributed by atoms with Crippen LogP contribution in [0.4, 0.5) is 0 Å². The quantitative estimate of drug-likeness (QED) is 0.110. The zero-order chi connectivity index (χ0) is 71.5. The molecule has 0 saturated heterocycles. The van der Waals surface area contributed by atoms with Crippen LogP contribution in [0.25, 0.3) is 0 Å². The molecule has 520 valence electrons. The van der Waals surface area contributed by atoms with Gasteiger partial charge in [-0.2, -0.15) is 11.8 Å². The molecule has 4 aromatic rings. The van der Waals surface area contributed by atoms with E-state index in [1.165, 1.54) is 48.1 Å². The average Bonchev–Trinajstić information content (AvgIpc) is 1.23. The van der Waals surface area contributed by atoms with Crippen LogP contribution in [0.3, 0.4) is 0 Å². The molecule has 0 amide bonds. The average molecular weight is 1330 g/mol. The Morgan fingerprint density at radius 1 is 0.472 bits per heavy atom. The monoisotopic (exact) mass is 1330 g/mol. The summed E-state index contributed by atoms with van der Waals surface area (Å²) in [4.78, 5) is 0. The summed E-state index contributed by atoms with van der Waals surface area (Å²) >= 11 is 5.32. The first-order valence-corrected chi connectivity index (χ1v) is 35.1. The fourth-order valence-corrected chi connectivity index (χ4v) is 7.64.